The third-order valence-corrected chi connectivity index (χ3v) is 6.81. The zero-order valence-electron chi connectivity index (χ0n) is 21.5. The first kappa shape index (κ1) is 24.6. The molecule has 1 fully saturated rings. The lowest BCUT2D eigenvalue weighted by molar-refractivity contribution is -0.128. The number of ether oxygens (including phenoxy) is 2. The molecule has 190 valence electrons. The molecule has 4 aromatic rings. The number of aromatic nitrogens is 2. The minimum absolute atomic E-state index is 0.0730. The highest BCUT2D eigenvalue weighted by molar-refractivity contribution is 5.81. The molecule has 0 spiro atoms. The van der Waals surface area contributed by atoms with Gasteiger partial charge >= 0.3 is 0 Å². The van der Waals surface area contributed by atoms with Crippen LogP contribution in [0.4, 0.5) is 0 Å². The van der Waals surface area contributed by atoms with Crippen molar-refractivity contribution in [2.24, 2.45) is 0 Å². The summed E-state index contributed by atoms with van der Waals surface area (Å²) in [6, 6.07) is 24.3. The molecular formula is C31H33N3O3. The van der Waals surface area contributed by atoms with Gasteiger partial charge in [0.1, 0.15) is 5.82 Å². The highest BCUT2D eigenvalue weighted by Crippen LogP contribution is 2.32. The fourth-order valence-electron chi connectivity index (χ4n) is 5.05. The standard InChI is InChI=1S/C31H33N3O3/c1-3-10-23-15-16-28(29(19-23)36-2)37-18-9-17-34-27-14-8-7-13-26(27)32-31(34)25-20-30(35)33(22-25)21-24-11-5-4-6-12-24/h3-8,10-16,19,25H,9,17-18,20-22H2,1-2H3/b10-3+. The number of imidazole rings is 1. The second-order valence-corrected chi connectivity index (χ2v) is 9.38. The minimum atomic E-state index is 0.0730. The number of benzene rings is 3. The molecule has 1 saturated heterocycles. The first-order valence-electron chi connectivity index (χ1n) is 12.9. The largest absolute Gasteiger partial charge is 0.493 e. The van der Waals surface area contributed by atoms with Crippen LogP contribution in [0.5, 0.6) is 11.5 Å². The summed E-state index contributed by atoms with van der Waals surface area (Å²) in [5, 5.41) is 0. The highest BCUT2D eigenvalue weighted by atomic mass is 16.5. The van der Waals surface area contributed by atoms with Crippen LogP contribution in [-0.4, -0.2) is 40.6 Å². The van der Waals surface area contributed by atoms with E-state index in [0.29, 0.717) is 26.1 Å². The van der Waals surface area contributed by atoms with Crippen molar-refractivity contribution in [3.63, 3.8) is 0 Å². The van der Waals surface area contributed by atoms with E-state index in [4.69, 9.17) is 14.5 Å². The lowest BCUT2D eigenvalue weighted by Crippen LogP contribution is -2.24. The third-order valence-electron chi connectivity index (χ3n) is 6.81. The fraction of sp³-hybridized carbons (Fsp3) is 0.290. The van der Waals surface area contributed by atoms with E-state index in [1.807, 2.05) is 78.6 Å². The number of hydrogen-bond donors (Lipinski definition) is 0. The zero-order chi connectivity index (χ0) is 25.6. The lowest BCUT2D eigenvalue weighted by Gasteiger charge is -2.17. The van der Waals surface area contributed by atoms with E-state index in [0.717, 1.165) is 52.4 Å². The van der Waals surface area contributed by atoms with Crippen LogP contribution in [0.2, 0.25) is 0 Å². The van der Waals surface area contributed by atoms with Crippen LogP contribution < -0.4 is 9.47 Å². The van der Waals surface area contributed by atoms with Gasteiger partial charge in [0.2, 0.25) is 5.91 Å². The topological polar surface area (TPSA) is 56.6 Å². The van der Waals surface area contributed by atoms with Gasteiger partial charge in [0.15, 0.2) is 11.5 Å². The Morgan fingerprint density at radius 1 is 1.03 bits per heavy atom. The number of hydrogen-bond acceptors (Lipinski definition) is 4. The molecule has 1 aliphatic rings. The molecule has 1 amide bonds. The van der Waals surface area contributed by atoms with Crippen molar-refractivity contribution in [1.82, 2.24) is 14.5 Å². The number of para-hydroxylation sites is 2. The Bertz CT molecular complexity index is 1390. The van der Waals surface area contributed by atoms with Crippen LogP contribution in [0.3, 0.4) is 0 Å². The van der Waals surface area contributed by atoms with Crippen LogP contribution in [0.25, 0.3) is 17.1 Å². The first-order valence-corrected chi connectivity index (χ1v) is 12.9. The third kappa shape index (κ3) is 5.53. The van der Waals surface area contributed by atoms with Crippen molar-refractivity contribution in [3.8, 4) is 11.5 Å². The van der Waals surface area contributed by atoms with E-state index in [1.54, 1.807) is 7.11 Å². The maximum Gasteiger partial charge on any atom is 0.223 e. The summed E-state index contributed by atoms with van der Waals surface area (Å²) in [5.41, 5.74) is 4.29. The molecular weight excluding hydrogens is 462 g/mol. The van der Waals surface area contributed by atoms with Crippen molar-refractivity contribution in [3.05, 3.63) is 95.8 Å². The second kappa shape index (κ2) is 11.3. The quantitative estimate of drug-likeness (QED) is 0.251. The Balaban J connectivity index is 1.29. The van der Waals surface area contributed by atoms with Crippen molar-refractivity contribution < 1.29 is 14.3 Å². The normalized spacial score (nSPS) is 15.7. The summed E-state index contributed by atoms with van der Waals surface area (Å²) in [6.07, 6.45) is 5.33. The summed E-state index contributed by atoms with van der Waals surface area (Å²) >= 11 is 0. The number of rotatable bonds is 10. The van der Waals surface area contributed by atoms with E-state index in [-0.39, 0.29) is 11.8 Å². The fourth-order valence-corrected chi connectivity index (χ4v) is 5.05. The summed E-state index contributed by atoms with van der Waals surface area (Å²) in [7, 11) is 1.66. The Hall–Kier alpha value is -4.06. The minimum Gasteiger partial charge on any atom is -0.493 e. The Labute approximate surface area is 218 Å². The average molecular weight is 496 g/mol. The van der Waals surface area contributed by atoms with E-state index < -0.39 is 0 Å². The number of fused-ring (bicyclic) bond motifs is 1. The molecule has 0 N–H and O–H groups in total. The molecule has 5 rings (SSSR count). The molecule has 1 atom stereocenters. The van der Waals surface area contributed by atoms with E-state index in [2.05, 4.69) is 22.8 Å². The number of allylic oxidation sites excluding steroid dienone is 1. The first-order chi connectivity index (χ1) is 18.2. The van der Waals surface area contributed by atoms with Crippen molar-refractivity contribution in [2.75, 3.05) is 20.3 Å². The molecule has 0 saturated carbocycles. The smallest absolute Gasteiger partial charge is 0.223 e. The van der Waals surface area contributed by atoms with E-state index in [9.17, 15) is 4.79 Å². The average Bonchev–Trinajstić information content (AvgIpc) is 3.48. The van der Waals surface area contributed by atoms with Crippen molar-refractivity contribution in [2.45, 2.75) is 38.8 Å². The Kier molecular flexibility index (Phi) is 7.54. The summed E-state index contributed by atoms with van der Waals surface area (Å²) in [4.78, 5) is 19.8. The van der Waals surface area contributed by atoms with Gasteiger partial charge in [0.25, 0.3) is 0 Å². The number of carbonyl (C=O) groups is 1. The highest BCUT2D eigenvalue weighted by Gasteiger charge is 2.33. The second-order valence-electron chi connectivity index (χ2n) is 9.38. The molecule has 0 radical (unpaired) electrons. The van der Waals surface area contributed by atoms with Crippen molar-refractivity contribution in [1.29, 1.82) is 0 Å². The van der Waals surface area contributed by atoms with Gasteiger partial charge < -0.3 is 18.9 Å². The molecule has 6 nitrogen and oxygen atoms in total. The monoisotopic (exact) mass is 495 g/mol. The number of amides is 1. The molecule has 0 bridgehead atoms. The van der Waals surface area contributed by atoms with E-state index >= 15 is 0 Å². The Morgan fingerprint density at radius 2 is 1.84 bits per heavy atom. The molecule has 1 aromatic heterocycles. The lowest BCUT2D eigenvalue weighted by atomic mass is 10.1. The van der Waals surface area contributed by atoms with Crippen LogP contribution in [0.1, 0.15) is 42.6 Å². The molecule has 1 unspecified atom stereocenters. The molecule has 1 aliphatic heterocycles. The molecule has 0 aliphatic carbocycles. The van der Waals surface area contributed by atoms with Crippen LogP contribution >= 0.6 is 0 Å². The van der Waals surface area contributed by atoms with Gasteiger partial charge in [-0.15, -0.1) is 0 Å². The van der Waals surface area contributed by atoms with Crippen LogP contribution in [0, 0.1) is 0 Å². The zero-order valence-corrected chi connectivity index (χ0v) is 21.5. The van der Waals surface area contributed by atoms with Gasteiger partial charge in [-0.3, -0.25) is 4.79 Å². The number of carbonyl (C=O) groups excluding carboxylic acids is 1. The van der Waals surface area contributed by atoms with Gasteiger partial charge in [-0.2, -0.15) is 0 Å². The SMILES string of the molecule is C/C=C/c1ccc(OCCCn2c(C3CC(=O)N(Cc4ccccc4)C3)nc3ccccc32)c(OC)c1. The van der Waals surface area contributed by atoms with Crippen LogP contribution in [-0.2, 0) is 17.9 Å². The Morgan fingerprint density at radius 3 is 2.65 bits per heavy atom. The predicted molar refractivity (Wildman–Crippen MR) is 147 cm³/mol. The van der Waals surface area contributed by atoms with Gasteiger partial charge in [-0.1, -0.05) is 60.7 Å². The van der Waals surface area contributed by atoms with Gasteiger partial charge in [-0.25, -0.2) is 4.98 Å². The molecule has 2 heterocycles. The molecule has 6 heteroatoms. The van der Waals surface area contributed by atoms with Crippen molar-refractivity contribution >= 4 is 23.0 Å². The number of aryl methyl sites for hydroxylation is 1. The summed E-state index contributed by atoms with van der Waals surface area (Å²) in [5.74, 6) is 2.71. The van der Waals surface area contributed by atoms with Gasteiger partial charge in [-0.05, 0) is 48.7 Å². The van der Waals surface area contributed by atoms with Crippen LogP contribution in [0.15, 0.2) is 78.9 Å². The molecule has 37 heavy (non-hydrogen) atoms. The number of methoxy groups -OCH3 is 1. The maximum atomic E-state index is 12.9. The summed E-state index contributed by atoms with van der Waals surface area (Å²) < 4.78 is 13.9. The van der Waals surface area contributed by atoms with E-state index in [1.165, 1.54) is 0 Å². The molecule has 3 aromatic carbocycles. The summed E-state index contributed by atoms with van der Waals surface area (Å²) in [6.45, 7) is 4.63. The number of likely N-dealkylation sites (tertiary alicyclic amines) is 1. The van der Waals surface area contributed by atoms with Gasteiger partial charge in [0, 0.05) is 32.0 Å². The number of nitrogens with zero attached hydrogens (tertiary/aromatic N) is 3. The van der Waals surface area contributed by atoms with Gasteiger partial charge in [0.05, 0.1) is 24.8 Å². The maximum absolute atomic E-state index is 12.9. The predicted octanol–water partition coefficient (Wildman–Crippen LogP) is 6.06.